The van der Waals surface area contributed by atoms with E-state index in [1.54, 1.807) is 18.2 Å². The van der Waals surface area contributed by atoms with E-state index in [1.165, 1.54) is 18.5 Å². The van der Waals surface area contributed by atoms with Crippen LogP contribution in [0, 0.1) is 5.92 Å². The minimum absolute atomic E-state index is 0.280. The highest BCUT2D eigenvalue weighted by atomic mass is 79.9. The molecule has 2 heterocycles. The number of pyridine rings is 1. The largest absolute Gasteiger partial charge is 0.483 e. The Hall–Kier alpha value is -1.75. The molecule has 5 heteroatoms. The van der Waals surface area contributed by atoms with Crippen molar-refractivity contribution in [2.75, 3.05) is 0 Å². The second-order valence-corrected chi connectivity index (χ2v) is 5.00. The van der Waals surface area contributed by atoms with Crippen molar-refractivity contribution in [3.05, 3.63) is 46.7 Å². The first-order valence-electron chi connectivity index (χ1n) is 5.41. The third-order valence-electron chi connectivity index (χ3n) is 2.96. The van der Waals surface area contributed by atoms with E-state index in [1.807, 2.05) is 0 Å². The van der Waals surface area contributed by atoms with Crippen LogP contribution in [-0.2, 0) is 4.79 Å². The van der Waals surface area contributed by atoms with Crippen molar-refractivity contribution >= 4 is 27.5 Å². The molecule has 0 spiro atoms. The Kier molecular flexibility index (Phi) is 2.63. The van der Waals surface area contributed by atoms with Gasteiger partial charge in [0.15, 0.2) is 0 Å². The smallest absolute Gasteiger partial charge is 0.233 e. The summed E-state index contributed by atoms with van der Waals surface area (Å²) in [5, 5.41) is 0. The zero-order valence-corrected chi connectivity index (χ0v) is 10.8. The molecule has 1 aliphatic carbocycles. The van der Waals surface area contributed by atoms with E-state index >= 15 is 0 Å². The van der Waals surface area contributed by atoms with Crippen molar-refractivity contribution < 1.29 is 14.3 Å². The fourth-order valence-electron chi connectivity index (χ4n) is 2.06. The number of carbonyl (C=O) groups excluding carboxylic acids is 2. The Morgan fingerprint density at radius 1 is 1.33 bits per heavy atom. The number of ether oxygens (including phenoxy) is 1. The molecule has 0 saturated carbocycles. The van der Waals surface area contributed by atoms with Crippen LogP contribution in [0.15, 0.2) is 41.2 Å². The molecule has 2 atom stereocenters. The fraction of sp³-hybridized carbons (Fsp3) is 0.154. The van der Waals surface area contributed by atoms with Crippen molar-refractivity contribution in [2.45, 2.75) is 6.10 Å². The molecule has 0 amide bonds. The average molecular weight is 306 g/mol. The number of allylic oxidation sites excluding steroid dienone is 2. The lowest BCUT2D eigenvalue weighted by Crippen LogP contribution is -2.32. The molecule has 1 aromatic heterocycles. The summed E-state index contributed by atoms with van der Waals surface area (Å²) in [5.41, 5.74) is 0.280. The number of halogens is 1. The van der Waals surface area contributed by atoms with Gasteiger partial charge < -0.3 is 4.74 Å². The Labute approximate surface area is 111 Å². The summed E-state index contributed by atoms with van der Waals surface area (Å²) >= 11 is 3.30. The van der Waals surface area contributed by atoms with Crippen LogP contribution < -0.4 is 4.74 Å². The van der Waals surface area contributed by atoms with Crippen molar-refractivity contribution in [3.63, 3.8) is 0 Å². The van der Waals surface area contributed by atoms with Gasteiger partial charge in [-0.3, -0.25) is 14.6 Å². The predicted octanol–water partition coefficient (Wildman–Crippen LogP) is 2.06. The highest BCUT2D eigenvalue weighted by Crippen LogP contribution is 2.31. The first kappa shape index (κ1) is 11.3. The molecule has 0 aromatic carbocycles. The quantitative estimate of drug-likeness (QED) is 0.689. The van der Waals surface area contributed by atoms with E-state index in [-0.39, 0.29) is 5.56 Å². The summed E-state index contributed by atoms with van der Waals surface area (Å²) in [7, 11) is 0. The van der Waals surface area contributed by atoms with Crippen molar-refractivity contribution in [2.24, 2.45) is 5.92 Å². The minimum Gasteiger partial charge on any atom is -0.483 e. The summed E-state index contributed by atoms with van der Waals surface area (Å²) in [6.07, 6.45) is 7.76. The Morgan fingerprint density at radius 2 is 2.17 bits per heavy atom. The predicted molar refractivity (Wildman–Crippen MR) is 67.6 cm³/mol. The zero-order valence-electron chi connectivity index (χ0n) is 9.17. The van der Waals surface area contributed by atoms with Crippen LogP contribution in [0.3, 0.4) is 0 Å². The summed E-state index contributed by atoms with van der Waals surface area (Å²) in [6.45, 7) is 0. The van der Waals surface area contributed by atoms with E-state index in [4.69, 9.17) is 4.74 Å². The van der Waals surface area contributed by atoms with Crippen LogP contribution in [0.25, 0.3) is 0 Å². The number of hydrogen-bond donors (Lipinski definition) is 0. The molecule has 1 aromatic rings. The second-order valence-electron chi connectivity index (χ2n) is 4.08. The standard InChI is InChI=1S/C13H8BrNO3/c14-7-1-2-10-9(5-7)13(17)12(16)8-3-4-15-6-11(8)18-10/h1-6,9-10H. The third kappa shape index (κ3) is 1.71. The Bertz CT molecular complexity index is 606. The SMILES string of the molecule is O=C1C(=O)C2C=C(Br)C=CC2Oc2cnccc21. The maximum absolute atomic E-state index is 12.1. The summed E-state index contributed by atoms with van der Waals surface area (Å²) in [6, 6.07) is 1.51. The molecule has 2 aliphatic rings. The van der Waals surface area contributed by atoms with Gasteiger partial charge in [-0.05, 0) is 18.2 Å². The Balaban J connectivity index is 2.12. The van der Waals surface area contributed by atoms with Crippen LogP contribution in [0.5, 0.6) is 5.75 Å². The van der Waals surface area contributed by atoms with Crippen LogP contribution in [0.1, 0.15) is 10.4 Å². The molecule has 0 fully saturated rings. The van der Waals surface area contributed by atoms with Crippen molar-refractivity contribution in [3.8, 4) is 5.75 Å². The Morgan fingerprint density at radius 3 is 3.00 bits per heavy atom. The minimum atomic E-state index is -0.579. The molecule has 0 N–H and O–H groups in total. The van der Waals surface area contributed by atoms with Gasteiger partial charge in [0, 0.05) is 10.7 Å². The molecule has 90 valence electrons. The van der Waals surface area contributed by atoms with E-state index in [2.05, 4.69) is 20.9 Å². The number of hydrogen-bond acceptors (Lipinski definition) is 4. The number of aromatic nitrogens is 1. The molecule has 4 nitrogen and oxygen atoms in total. The van der Waals surface area contributed by atoms with Gasteiger partial charge in [-0.25, -0.2) is 0 Å². The molecular weight excluding hydrogens is 298 g/mol. The van der Waals surface area contributed by atoms with Crippen molar-refractivity contribution in [1.82, 2.24) is 4.98 Å². The van der Waals surface area contributed by atoms with Crippen molar-refractivity contribution in [1.29, 1.82) is 0 Å². The molecule has 1 aliphatic heterocycles. The summed E-state index contributed by atoms with van der Waals surface area (Å²) in [5.74, 6) is -1.19. The average Bonchev–Trinajstić information content (AvgIpc) is 2.48. The number of carbonyl (C=O) groups is 2. The second kappa shape index (κ2) is 4.17. The molecule has 3 rings (SSSR count). The molecule has 18 heavy (non-hydrogen) atoms. The summed E-state index contributed by atoms with van der Waals surface area (Å²) in [4.78, 5) is 28.1. The van der Waals surface area contributed by atoms with Gasteiger partial charge in [-0.15, -0.1) is 0 Å². The van der Waals surface area contributed by atoms with Crippen LogP contribution >= 0.6 is 15.9 Å². The van der Waals surface area contributed by atoms with Gasteiger partial charge in [0.05, 0.1) is 17.7 Å². The lowest BCUT2D eigenvalue weighted by Gasteiger charge is -2.21. The van der Waals surface area contributed by atoms with Gasteiger partial charge in [0.1, 0.15) is 11.9 Å². The van der Waals surface area contributed by atoms with E-state index in [0.29, 0.717) is 5.75 Å². The lowest BCUT2D eigenvalue weighted by molar-refractivity contribution is -0.118. The lowest BCUT2D eigenvalue weighted by atomic mass is 9.90. The van der Waals surface area contributed by atoms with Gasteiger partial charge in [-0.2, -0.15) is 0 Å². The maximum Gasteiger partial charge on any atom is 0.233 e. The van der Waals surface area contributed by atoms with E-state index in [0.717, 1.165) is 4.48 Å². The van der Waals surface area contributed by atoms with Gasteiger partial charge in [0.25, 0.3) is 0 Å². The van der Waals surface area contributed by atoms with Gasteiger partial charge in [-0.1, -0.05) is 22.0 Å². The first-order chi connectivity index (χ1) is 8.66. The highest BCUT2D eigenvalue weighted by Gasteiger charge is 2.38. The van der Waals surface area contributed by atoms with Crippen LogP contribution in [0.4, 0.5) is 0 Å². The fourth-order valence-corrected chi connectivity index (χ4v) is 2.50. The van der Waals surface area contributed by atoms with Gasteiger partial charge in [0.2, 0.25) is 11.6 Å². The van der Waals surface area contributed by atoms with Crippen LogP contribution in [-0.4, -0.2) is 22.7 Å². The maximum atomic E-state index is 12.1. The highest BCUT2D eigenvalue weighted by molar-refractivity contribution is 9.11. The number of ketones is 2. The normalized spacial score (nSPS) is 25.7. The molecule has 0 saturated heterocycles. The third-order valence-corrected chi connectivity index (χ3v) is 3.49. The van der Waals surface area contributed by atoms with Crippen LogP contribution in [0.2, 0.25) is 0 Å². The topological polar surface area (TPSA) is 56.3 Å². The first-order valence-corrected chi connectivity index (χ1v) is 6.21. The number of nitrogens with zero attached hydrogens (tertiary/aromatic N) is 1. The molecule has 0 bridgehead atoms. The number of fused-ring (bicyclic) bond motifs is 2. The number of Topliss-reactive ketones (excluding diaryl/α,β-unsaturated/α-hetero) is 2. The molecule has 0 radical (unpaired) electrons. The van der Waals surface area contributed by atoms with Gasteiger partial charge >= 0.3 is 0 Å². The van der Waals surface area contributed by atoms with E-state index < -0.39 is 23.6 Å². The molecular formula is C13H8BrNO3. The zero-order chi connectivity index (χ0) is 12.7. The monoisotopic (exact) mass is 305 g/mol. The summed E-state index contributed by atoms with van der Waals surface area (Å²) < 4.78 is 6.47. The van der Waals surface area contributed by atoms with E-state index in [9.17, 15) is 9.59 Å². The molecule has 2 unspecified atom stereocenters. The number of rotatable bonds is 0.